The molecule has 6 heteroatoms. The van der Waals surface area contributed by atoms with Crippen LogP contribution in [0.25, 0.3) is 10.6 Å². The average Bonchev–Trinajstić information content (AvgIpc) is 3.10. The molecule has 5 nitrogen and oxygen atoms in total. The Bertz CT molecular complexity index is 778. The molecule has 0 aliphatic carbocycles. The number of aromatic nitrogens is 2. The van der Waals surface area contributed by atoms with Crippen molar-refractivity contribution >= 4 is 22.9 Å². The van der Waals surface area contributed by atoms with E-state index >= 15 is 0 Å². The lowest BCUT2D eigenvalue weighted by atomic mass is 10.2. The van der Waals surface area contributed by atoms with Gasteiger partial charge in [-0.05, 0) is 42.1 Å². The van der Waals surface area contributed by atoms with Crippen LogP contribution in [0.2, 0.25) is 0 Å². The van der Waals surface area contributed by atoms with E-state index in [1.54, 1.807) is 29.5 Å². The first-order valence-corrected chi connectivity index (χ1v) is 7.22. The summed E-state index contributed by atoms with van der Waals surface area (Å²) in [6.45, 7) is 1.87. The Morgan fingerprint density at radius 1 is 1.33 bits per heavy atom. The fourth-order valence-electron chi connectivity index (χ4n) is 1.93. The van der Waals surface area contributed by atoms with Crippen molar-refractivity contribution in [2.75, 3.05) is 5.32 Å². The quantitative estimate of drug-likeness (QED) is 0.649. The Morgan fingerprint density at radius 3 is 2.90 bits per heavy atom. The number of benzene rings is 1. The Balaban J connectivity index is 1.79. The average molecular weight is 299 g/mol. The zero-order chi connectivity index (χ0) is 14.8. The predicted octanol–water partition coefficient (Wildman–Crippen LogP) is 3.40. The van der Waals surface area contributed by atoms with Crippen molar-refractivity contribution in [3.8, 4) is 16.3 Å². The molecule has 3 aromatic rings. The second-order valence-electron chi connectivity index (χ2n) is 4.62. The van der Waals surface area contributed by atoms with Crippen molar-refractivity contribution in [3.63, 3.8) is 0 Å². The summed E-state index contributed by atoms with van der Waals surface area (Å²) in [5, 5.41) is 21.2. The molecule has 2 heterocycles. The Morgan fingerprint density at radius 2 is 2.19 bits per heavy atom. The Labute approximate surface area is 125 Å². The third kappa shape index (κ3) is 2.80. The van der Waals surface area contributed by atoms with Gasteiger partial charge in [0, 0.05) is 0 Å². The van der Waals surface area contributed by atoms with Crippen LogP contribution in [0.15, 0.2) is 41.8 Å². The van der Waals surface area contributed by atoms with Gasteiger partial charge in [-0.25, -0.2) is 0 Å². The number of aromatic hydroxyl groups is 1. The standard InChI is InChI=1S/C15H13N3O2S/c1-9-4-5-10(13(19)7-9)16-15(20)12-8-11(17-18-12)14-3-2-6-21-14/h2-8,19H,1H3,(H,16,20)(H,17,18). The van der Waals surface area contributed by atoms with Crippen LogP contribution < -0.4 is 5.32 Å². The first-order valence-electron chi connectivity index (χ1n) is 6.34. The minimum Gasteiger partial charge on any atom is -0.506 e. The molecular formula is C15H13N3O2S. The number of nitrogens with zero attached hydrogens (tertiary/aromatic N) is 1. The maximum absolute atomic E-state index is 12.1. The van der Waals surface area contributed by atoms with E-state index in [4.69, 9.17) is 0 Å². The van der Waals surface area contributed by atoms with Gasteiger partial charge in [0.1, 0.15) is 5.75 Å². The van der Waals surface area contributed by atoms with Crippen molar-refractivity contribution in [3.05, 3.63) is 53.0 Å². The second-order valence-corrected chi connectivity index (χ2v) is 5.57. The van der Waals surface area contributed by atoms with Gasteiger partial charge >= 0.3 is 0 Å². The van der Waals surface area contributed by atoms with Crippen LogP contribution in [-0.4, -0.2) is 21.2 Å². The van der Waals surface area contributed by atoms with E-state index in [2.05, 4.69) is 15.5 Å². The number of amides is 1. The van der Waals surface area contributed by atoms with Crippen LogP contribution in [0.3, 0.4) is 0 Å². The maximum Gasteiger partial charge on any atom is 0.276 e. The molecular weight excluding hydrogens is 286 g/mol. The Kier molecular flexibility index (Phi) is 3.45. The predicted molar refractivity (Wildman–Crippen MR) is 82.7 cm³/mol. The third-order valence-electron chi connectivity index (χ3n) is 3.00. The number of H-pyrrole nitrogens is 1. The number of anilines is 1. The number of nitrogens with one attached hydrogen (secondary N) is 2. The van der Waals surface area contributed by atoms with E-state index in [1.165, 1.54) is 0 Å². The van der Waals surface area contributed by atoms with Crippen LogP contribution in [0.4, 0.5) is 5.69 Å². The lowest BCUT2D eigenvalue weighted by molar-refractivity contribution is 0.102. The van der Waals surface area contributed by atoms with Crippen molar-refractivity contribution in [1.29, 1.82) is 0 Å². The van der Waals surface area contributed by atoms with Gasteiger partial charge in [-0.3, -0.25) is 9.89 Å². The minimum atomic E-state index is -0.367. The van der Waals surface area contributed by atoms with Gasteiger partial charge in [-0.2, -0.15) is 5.10 Å². The first kappa shape index (κ1) is 13.4. The molecule has 0 fully saturated rings. The normalized spacial score (nSPS) is 10.5. The molecule has 21 heavy (non-hydrogen) atoms. The highest BCUT2D eigenvalue weighted by Crippen LogP contribution is 2.26. The van der Waals surface area contributed by atoms with Gasteiger partial charge in [0.15, 0.2) is 5.69 Å². The molecule has 0 unspecified atom stereocenters. The molecule has 0 aliphatic rings. The number of hydrogen-bond acceptors (Lipinski definition) is 4. The first-order chi connectivity index (χ1) is 10.1. The van der Waals surface area contributed by atoms with Gasteiger partial charge in [0.05, 0.1) is 16.3 Å². The van der Waals surface area contributed by atoms with Crippen LogP contribution in [0.1, 0.15) is 16.1 Å². The number of phenolic OH excluding ortho intramolecular Hbond substituents is 1. The summed E-state index contributed by atoms with van der Waals surface area (Å²) in [5.74, 6) is -0.328. The molecule has 0 atom stereocenters. The Hall–Kier alpha value is -2.60. The number of hydrogen-bond donors (Lipinski definition) is 3. The largest absolute Gasteiger partial charge is 0.506 e. The number of phenols is 1. The molecule has 3 rings (SSSR count). The van der Waals surface area contributed by atoms with Crippen molar-refractivity contribution < 1.29 is 9.90 Å². The molecule has 0 aliphatic heterocycles. The topological polar surface area (TPSA) is 78.0 Å². The molecule has 0 saturated heterocycles. The second kappa shape index (κ2) is 5.41. The molecule has 0 saturated carbocycles. The molecule has 1 aromatic carbocycles. The monoisotopic (exact) mass is 299 g/mol. The van der Waals surface area contributed by atoms with E-state index < -0.39 is 0 Å². The van der Waals surface area contributed by atoms with Crippen LogP contribution in [0, 0.1) is 6.92 Å². The zero-order valence-corrected chi connectivity index (χ0v) is 12.1. The summed E-state index contributed by atoms with van der Waals surface area (Å²) in [6.07, 6.45) is 0. The summed E-state index contributed by atoms with van der Waals surface area (Å²) >= 11 is 1.57. The summed E-state index contributed by atoms with van der Waals surface area (Å²) in [6, 6.07) is 10.6. The fraction of sp³-hybridized carbons (Fsp3) is 0.0667. The number of thiophene rings is 1. The van der Waals surface area contributed by atoms with E-state index in [-0.39, 0.29) is 17.4 Å². The van der Waals surface area contributed by atoms with E-state index in [0.717, 1.165) is 16.1 Å². The summed E-state index contributed by atoms with van der Waals surface area (Å²) in [4.78, 5) is 13.1. The number of rotatable bonds is 3. The molecule has 106 valence electrons. The van der Waals surface area contributed by atoms with Gasteiger partial charge in [-0.1, -0.05) is 12.1 Å². The van der Waals surface area contributed by atoms with E-state index in [0.29, 0.717) is 5.69 Å². The van der Waals surface area contributed by atoms with Gasteiger partial charge in [0.2, 0.25) is 0 Å². The van der Waals surface area contributed by atoms with Crippen LogP contribution in [-0.2, 0) is 0 Å². The highest BCUT2D eigenvalue weighted by Gasteiger charge is 2.13. The van der Waals surface area contributed by atoms with Crippen molar-refractivity contribution in [2.45, 2.75) is 6.92 Å². The highest BCUT2D eigenvalue weighted by molar-refractivity contribution is 7.13. The highest BCUT2D eigenvalue weighted by atomic mass is 32.1. The minimum absolute atomic E-state index is 0.0392. The number of aryl methyl sites for hydroxylation is 1. The maximum atomic E-state index is 12.1. The third-order valence-corrected chi connectivity index (χ3v) is 3.90. The van der Waals surface area contributed by atoms with Gasteiger partial charge in [-0.15, -0.1) is 11.3 Å². The van der Waals surface area contributed by atoms with Crippen molar-refractivity contribution in [2.24, 2.45) is 0 Å². The van der Waals surface area contributed by atoms with E-state index in [9.17, 15) is 9.90 Å². The fourth-order valence-corrected chi connectivity index (χ4v) is 2.62. The molecule has 0 radical (unpaired) electrons. The van der Waals surface area contributed by atoms with Crippen LogP contribution >= 0.6 is 11.3 Å². The number of carbonyl (C=O) groups excluding carboxylic acids is 1. The molecule has 0 spiro atoms. The van der Waals surface area contributed by atoms with Crippen LogP contribution in [0.5, 0.6) is 5.75 Å². The summed E-state index contributed by atoms with van der Waals surface area (Å²) in [7, 11) is 0. The smallest absolute Gasteiger partial charge is 0.276 e. The molecule has 1 amide bonds. The zero-order valence-electron chi connectivity index (χ0n) is 11.3. The number of aromatic amines is 1. The lowest BCUT2D eigenvalue weighted by Crippen LogP contribution is -2.12. The summed E-state index contributed by atoms with van der Waals surface area (Å²) in [5.41, 5.74) is 2.36. The van der Waals surface area contributed by atoms with E-state index in [1.807, 2.05) is 30.5 Å². The van der Waals surface area contributed by atoms with Gasteiger partial charge in [0.25, 0.3) is 5.91 Å². The van der Waals surface area contributed by atoms with Crippen molar-refractivity contribution in [1.82, 2.24) is 10.2 Å². The summed E-state index contributed by atoms with van der Waals surface area (Å²) < 4.78 is 0. The van der Waals surface area contributed by atoms with Gasteiger partial charge < -0.3 is 10.4 Å². The lowest BCUT2D eigenvalue weighted by Gasteiger charge is -2.06. The molecule has 0 bridgehead atoms. The molecule has 2 aromatic heterocycles. The SMILES string of the molecule is Cc1ccc(NC(=O)c2cc(-c3cccs3)[nH]n2)c(O)c1. The molecule has 3 N–H and O–H groups in total. The number of carbonyl (C=O) groups is 1.